The van der Waals surface area contributed by atoms with Gasteiger partial charge in [0.25, 0.3) is 0 Å². The number of fused-ring (bicyclic) bond motifs is 1. The molecule has 0 aliphatic carbocycles. The molecule has 1 N–H and O–H groups in total. The lowest BCUT2D eigenvalue weighted by Gasteiger charge is -2.27. The first-order valence-electron chi connectivity index (χ1n) is 11.7. The summed E-state index contributed by atoms with van der Waals surface area (Å²) in [6.07, 6.45) is 1.39. The van der Waals surface area contributed by atoms with E-state index in [2.05, 4.69) is 54.0 Å². The lowest BCUT2D eigenvalue weighted by molar-refractivity contribution is -0.191. The zero-order valence-electron chi connectivity index (χ0n) is 20.5. The first-order valence-corrected chi connectivity index (χ1v) is 12.5. The molecule has 0 radical (unpaired) electrons. The third kappa shape index (κ3) is 7.93. The van der Waals surface area contributed by atoms with Crippen LogP contribution in [0.2, 0.25) is 0 Å². The molecule has 1 aliphatic heterocycles. The zero-order chi connectivity index (χ0) is 25.9. The molecule has 0 spiro atoms. The van der Waals surface area contributed by atoms with Gasteiger partial charge in [-0.2, -0.15) is 9.59 Å². The average Bonchev–Trinajstić information content (AvgIpc) is 3.23. The van der Waals surface area contributed by atoms with Gasteiger partial charge in [0, 0.05) is 29.4 Å². The minimum atomic E-state index is -0.849. The Hall–Kier alpha value is -3.69. The number of carboxylic acids is 1. The SMILES string of the molecule is CC#C[C@@H](CC(=O)O)c1ccc(OCc2cccc(CN3CCc4sc(C)cc4C3)c2)cc1.O=C=O. The predicted octanol–water partition coefficient (Wildman–Crippen LogP) is 5.19. The molecule has 1 atom stereocenters. The molecule has 3 aromatic rings. The van der Waals surface area contributed by atoms with Crippen molar-refractivity contribution >= 4 is 23.5 Å². The summed E-state index contributed by atoms with van der Waals surface area (Å²) >= 11 is 1.94. The van der Waals surface area contributed by atoms with E-state index in [1.54, 1.807) is 11.8 Å². The van der Waals surface area contributed by atoms with E-state index < -0.39 is 5.97 Å². The first kappa shape index (κ1) is 26.9. The van der Waals surface area contributed by atoms with Crippen LogP contribution in [0.5, 0.6) is 5.75 Å². The Labute approximate surface area is 215 Å². The van der Waals surface area contributed by atoms with Crippen molar-refractivity contribution < 1.29 is 24.2 Å². The Morgan fingerprint density at radius 1 is 1.14 bits per heavy atom. The molecule has 2 heterocycles. The summed E-state index contributed by atoms with van der Waals surface area (Å²) in [5.41, 5.74) is 4.83. The van der Waals surface area contributed by atoms with Gasteiger partial charge in [0.1, 0.15) is 12.4 Å². The smallest absolute Gasteiger partial charge is 0.373 e. The van der Waals surface area contributed by atoms with E-state index in [-0.39, 0.29) is 18.5 Å². The van der Waals surface area contributed by atoms with E-state index in [4.69, 9.17) is 19.4 Å². The fourth-order valence-electron chi connectivity index (χ4n) is 4.32. The zero-order valence-corrected chi connectivity index (χ0v) is 21.3. The Balaban J connectivity index is 0.00000115. The number of aliphatic carboxylic acids is 1. The quantitative estimate of drug-likeness (QED) is 0.426. The molecular weight excluding hydrogens is 474 g/mol. The molecular formula is C29H29NO5S. The number of hydrogen-bond acceptors (Lipinski definition) is 6. The molecule has 4 rings (SSSR count). The van der Waals surface area contributed by atoms with Gasteiger partial charge in [-0.1, -0.05) is 42.3 Å². The Morgan fingerprint density at radius 3 is 2.56 bits per heavy atom. The van der Waals surface area contributed by atoms with Crippen LogP contribution >= 0.6 is 11.3 Å². The maximum absolute atomic E-state index is 11.1. The molecule has 0 fully saturated rings. The van der Waals surface area contributed by atoms with Crippen molar-refractivity contribution in [3.63, 3.8) is 0 Å². The number of benzene rings is 2. The minimum absolute atomic E-state index is 0.00180. The van der Waals surface area contributed by atoms with Gasteiger partial charge in [-0.05, 0) is 60.7 Å². The van der Waals surface area contributed by atoms with E-state index in [1.165, 1.54) is 16.0 Å². The monoisotopic (exact) mass is 503 g/mol. The largest absolute Gasteiger partial charge is 0.489 e. The molecule has 0 unspecified atom stereocenters. The third-order valence-corrected chi connectivity index (χ3v) is 7.00. The van der Waals surface area contributed by atoms with Gasteiger partial charge in [0.2, 0.25) is 0 Å². The van der Waals surface area contributed by atoms with E-state index in [0.29, 0.717) is 6.61 Å². The highest BCUT2D eigenvalue weighted by Crippen LogP contribution is 2.28. The number of ether oxygens (including phenoxy) is 1. The molecule has 36 heavy (non-hydrogen) atoms. The van der Waals surface area contributed by atoms with E-state index in [0.717, 1.165) is 42.9 Å². The lowest BCUT2D eigenvalue weighted by Crippen LogP contribution is -2.29. The van der Waals surface area contributed by atoms with Gasteiger partial charge in [-0.3, -0.25) is 9.69 Å². The van der Waals surface area contributed by atoms with Gasteiger partial charge in [0.05, 0.1) is 12.3 Å². The maximum atomic E-state index is 11.1. The van der Waals surface area contributed by atoms with E-state index in [9.17, 15) is 4.79 Å². The molecule has 0 bridgehead atoms. The van der Waals surface area contributed by atoms with E-state index >= 15 is 0 Å². The first-order chi connectivity index (χ1) is 17.4. The van der Waals surface area contributed by atoms with Crippen LogP contribution in [0.3, 0.4) is 0 Å². The summed E-state index contributed by atoms with van der Waals surface area (Å²) in [7, 11) is 0. The molecule has 1 aromatic heterocycles. The van der Waals surface area contributed by atoms with Crippen LogP contribution in [0.25, 0.3) is 0 Å². The number of nitrogens with zero attached hydrogens (tertiary/aromatic N) is 1. The van der Waals surface area contributed by atoms with E-state index in [1.807, 2.05) is 35.6 Å². The van der Waals surface area contributed by atoms with Crippen molar-refractivity contribution in [3.05, 3.63) is 86.6 Å². The second kappa shape index (κ2) is 13.4. The summed E-state index contributed by atoms with van der Waals surface area (Å²) in [5.74, 6) is 5.42. The number of carbonyl (C=O) groups excluding carboxylic acids is 2. The summed E-state index contributed by atoms with van der Waals surface area (Å²) in [6.45, 7) is 7.49. The molecule has 2 aromatic carbocycles. The highest BCUT2D eigenvalue weighted by molar-refractivity contribution is 7.12. The van der Waals surface area contributed by atoms with Crippen LogP contribution in [0.15, 0.2) is 54.6 Å². The number of carbonyl (C=O) groups is 1. The average molecular weight is 504 g/mol. The van der Waals surface area contributed by atoms with Crippen molar-refractivity contribution in [1.82, 2.24) is 4.90 Å². The van der Waals surface area contributed by atoms with Crippen LogP contribution in [0, 0.1) is 18.8 Å². The Morgan fingerprint density at radius 2 is 1.86 bits per heavy atom. The van der Waals surface area contributed by atoms with Crippen molar-refractivity contribution in [2.24, 2.45) is 0 Å². The molecule has 7 heteroatoms. The molecule has 0 saturated carbocycles. The lowest BCUT2D eigenvalue weighted by atomic mass is 9.96. The number of aryl methyl sites for hydroxylation is 1. The molecule has 6 nitrogen and oxygen atoms in total. The standard InChI is InChI=1S/C28H29NO3S.CO2/c1-3-5-24(16-28(30)31)23-8-10-26(11-9-23)32-19-22-7-4-6-21(15-22)17-29-13-12-27-25(18-29)14-20(2)33-27;2-1-3/h4,6-11,14-15,24H,12-13,16-19H2,1-2H3,(H,30,31);/t24-;/m0./s1. The highest BCUT2D eigenvalue weighted by Gasteiger charge is 2.18. The summed E-state index contributed by atoms with van der Waals surface area (Å²) in [5, 5.41) is 9.11. The third-order valence-electron chi connectivity index (χ3n) is 5.85. The van der Waals surface area contributed by atoms with Crippen LogP contribution < -0.4 is 4.74 Å². The minimum Gasteiger partial charge on any atom is -0.489 e. The summed E-state index contributed by atoms with van der Waals surface area (Å²) in [6, 6.07) is 18.5. The summed E-state index contributed by atoms with van der Waals surface area (Å²) in [4.78, 5) is 32.8. The second-order valence-electron chi connectivity index (χ2n) is 8.57. The normalized spacial score (nSPS) is 13.2. The number of carboxylic acid groups (broad SMARTS) is 1. The topological polar surface area (TPSA) is 83.9 Å². The van der Waals surface area contributed by atoms with Gasteiger partial charge in [0.15, 0.2) is 0 Å². The fourth-order valence-corrected chi connectivity index (χ4v) is 5.35. The molecule has 1 aliphatic rings. The van der Waals surface area contributed by atoms with Crippen LogP contribution in [0.4, 0.5) is 0 Å². The van der Waals surface area contributed by atoms with Gasteiger partial charge < -0.3 is 9.84 Å². The summed E-state index contributed by atoms with van der Waals surface area (Å²) < 4.78 is 6.00. The molecule has 0 saturated heterocycles. The maximum Gasteiger partial charge on any atom is 0.373 e. The fraction of sp³-hybridized carbons (Fsp3) is 0.310. The molecule has 186 valence electrons. The number of hydrogen-bond donors (Lipinski definition) is 1. The van der Waals surface area contributed by atoms with Crippen molar-refractivity contribution in [2.75, 3.05) is 6.54 Å². The highest BCUT2D eigenvalue weighted by atomic mass is 32.1. The predicted molar refractivity (Wildman–Crippen MR) is 138 cm³/mol. The molecule has 0 amide bonds. The van der Waals surface area contributed by atoms with Crippen molar-refractivity contribution in [3.8, 4) is 17.6 Å². The Bertz CT molecular complexity index is 1260. The van der Waals surface area contributed by atoms with Gasteiger partial charge in [-0.25, -0.2) is 0 Å². The van der Waals surface area contributed by atoms with Gasteiger partial charge >= 0.3 is 12.1 Å². The van der Waals surface area contributed by atoms with Crippen molar-refractivity contribution in [1.29, 1.82) is 0 Å². The van der Waals surface area contributed by atoms with Crippen molar-refractivity contribution in [2.45, 2.75) is 52.3 Å². The van der Waals surface area contributed by atoms with Crippen LogP contribution in [-0.2, 0) is 40.5 Å². The Kier molecular flexibility index (Phi) is 10.0. The second-order valence-corrected chi connectivity index (χ2v) is 9.91. The van der Waals surface area contributed by atoms with Crippen LogP contribution in [-0.4, -0.2) is 28.7 Å². The number of thiophene rings is 1. The number of rotatable bonds is 8. The van der Waals surface area contributed by atoms with Crippen LogP contribution in [0.1, 0.15) is 51.3 Å². The van der Waals surface area contributed by atoms with Gasteiger partial charge in [-0.15, -0.1) is 17.3 Å².